The number of anilines is 3. The van der Waals surface area contributed by atoms with E-state index in [0.29, 0.717) is 73.0 Å². The van der Waals surface area contributed by atoms with Crippen molar-refractivity contribution in [2.75, 3.05) is 56.5 Å². The van der Waals surface area contributed by atoms with Crippen LogP contribution in [0.4, 0.5) is 17.1 Å². The summed E-state index contributed by atoms with van der Waals surface area (Å²) in [4.78, 5) is 39.5. The first-order valence-electron chi connectivity index (χ1n) is 12.0. The van der Waals surface area contributed by atoms with E-state index in [-0.39, 0.29) is 17.7 Å². The van der Waals surface area contributed by atoms with Gasteiger partial charge in [-0.25, -0.2) is 0 Å². The minimum absolute atomic E-state index is 0.265. The van der Waals surface area contributed by atoms with E-state index in [0.717, 1.165) is 0 Å². The van der Waals surface area contributed by atoms with Crippen LogP contribution >= 0.6 is 0 Å². The molecule has 3 aromatic carbocycles. The van der Waals surface area contributed by atoms with E-state index in [2.05, 4.69) is 16.0 Å². The quantitative estimate of drug-likeness (QED) is 0.203. The first kappa shape index (κ1) is 27.0. The summed E-state index contributed by atoms with van der Waals surface area (Å²) in [5.41, 5.74) is 20.1. The van der Waals surface area contributed by atoms with Crippen LogP contribution in [0, 0.1) is 0 Å². The fraction of sp³-hybridized carbons (Fsp3) is 0.222. The summed E-state index contributed by atoms with van der Waals surface area (Å²) in [5.74, 6) is -0.795. The van der Waals surface area contributed by atoms with Gasteiger partial charge < -0.3 is 33.2 Å². The van der Waals surface area contributed by atoms with E-state index in [1.807, 2.05) is 4.90 Å². The number of carbonyl (C=O) groups is 3. The van der Waals surface area contributed by atoms with E-state index in [4.69, 9.17) is 17.2 Å². The molecular formula is C27H33N7O3. The number of nitrogens with two attached hydrogens (primary N) is 3. The van der Waals surface area contributed by atoms with Gasteiger partial charge in [0.1, 0.15) is 0 Å². The molecule has 0 radical (unpaired) electrons. The molecule has 0 aromatic heterocycles. The number of benzene rings is 3. The Kier molecular flexibility index (Phi) is 9.86. The summed E-state index contributed by atoms with van der Waals surface area (Å²) in [6.45, 7) is 2.53. The van der Waals surface area contributed by atoms with Gasteiger partial charge in [0.05, 0.1) is 16.7 Å². The maximum Gasteiger partial charge on any atom is 0.253 e. The lowest BCUT2D eigenvalue weighted by Gasteiger charge is -2.23. The highest BCUT2D eigenvalue weighted by Gasteiger charge is 2.13. The normalized spacial score (nSPS) is 10.6. The average molecular weight is 504 g/mol. The number of nitrogens with zero attached hydrogens (tertiary/aromatic N) is 1. The molecule has 0 heterocycles. The van der Waals surface area contributed by atoms with Crippen LogP contribution in [0.15, 0.2) is 72.8 Å². The summed E-state index contributed by atoms with van der Waals surface area (Å²) < 4.78 is 0. The van der Waals surface area contributed by atoms with Crippen molar-refractivity contribution in [3.05, 3.63) is 89.5 Å². The van der Waals surface area contributed by atoms with Crippen LogP contribution < -0.4 is 33.2 Å². The summed E-state index contributed by atoms with van der Waals surface area (Å²) in [5, 5.41) is 8.60. The highest BCUT2D eigenvalue weighted by atomic mass is 16.2. The lowest BCUT2D eigenvalue weighted by molar-refractivity contribution is 0.0949. The maximum atomic E-state index is 12.5. The van der Waals surface area contributed by atoms with E-state index in [1.165, 1.54) is 0 Å². The second-order valence-electron chi connectivity index (χ2n) is 8.37. The Bertz CT molecular complexity index is 1080. The van der Waals surface area contributed by atoms with Crippen molar-refractivity contribution < 1.29 is 14.4 Å². The molecule has 9 N–H and O–H groups in total. The Balaban J connectivity index is 1.53. The van der Waals surface area contributed by atoms with Crippen LogP contribution in [0.25, 0.3) is 0 Å². The Morgan fingerprint density at radius 3 is 1.05 bits per heavy atom. The molecule has 3 amide bonds. The zero-order chi connectivity index (χ0) is 26.6. The van der Waals surface area contributed by atoms with E-state index < -0.39 is 0 Å². The van der Waals surface area contributed by atoms with E-state index in [1.54, 1.807) is 72.8 Å². The maximum absolute atomic E-state index is 12.5. The molecule has 0 aliphatic carbocycles. The number of hydrogen-bond donors (Lipinski definition) is 6. The number of para-hydroxylation sites is 3. The molecule has 0 bridgehead atoms. The van der Waals surface area contributed by atoms with Gasteiger partial charge in [0, 0.05) is 56.3 Å². The van der Waals surface area contributed by atoms with Gasteiger partial charge in [0.25, 0.3) is 17.7 Å². The molecule has 0 fully saturated rings. The molecule has 0 atom stereocenters. The van der Waals surface area contributed by atoms with E-state index in [9.17, 15) is 14.4 Å². The number of hydrogen-bond acceptors (Lipinski definition) is 7. The average Bonchev–Trinajstić information content (AvgIpc) is 2.89. The van der Waals surface area contributed by atoms with Crippen LogP contribution in [-0.4, -0.2) is 61.9 Å². The van der Waals surface area contributed by atoms with Crippen molar-refractivity contribution in [3.63, 3.8) is 0 Å². The first-order valence-corrected chi connectivity index (χ1v) is 12.0. The predicted molar refractivity (Wildman–Crippen MR) is 146 cm³/mol. The molecule has 3 aromatic rings. The summed E-state index contributed by atoms with van der Waals surface area (Å²) in [7, 11) is 0. The van der Waals surface area contributed by atoms with Gasteiger partial charge >= 0.3 is 0 Å². The van der Waals surface area contributed by atoms with Crippen molar-refractivity contribution >= 4 is 34.8 Å². The smallest absolute Gasteiger partial charge is 0.253 e. The summed E-state index contributed by atoms with van der Waals surface area (Å²) >= 11 is 0. The standard InChI is InChI=1S/C27H33N7O3/c28-22-10-4-1-7-19(22)25(35)31-13-16-34(17-14-32-26(36)20-8-2-5-11-23(20)29)18-15-33-27(37)21-9-3-6-12-24(21)30/h1-12H,13-18,28-30H2,(H,31,35)(H,32,36)(H,33,37). The van der Waals surface area contributed by atoms with Crippen LogP contribution in [0.5, 0.6) is 0 Å². The molecule has 194 valence electrons. The van der Waals surface area contributed by atoms with Gasteiger partial charge in [0.2, 0.25) is 0 Å². The minimum atomic E-state index is -0.265. The molecule has 0 aliphatic heterocycles. The van der Waals surface area contributed by atoms with Crippen LogP contribution in [-0.2, 0) is 0 Å². The van der Waals surface area contributed by atoms with Gasteiger partial charge in [-0.05, 0) is 36.4 Å². The van der Waals surface area contributed by atoms with E-state index >= 15 is 0 Å². The Morgan fingerprint density at radius 2 is 0.784 bits per heavy atom. The van der Waals surface area contributed by atoms with Gasteiger partial charge in [-0.15, -0.1) is 0 Å². The number of amides is 3. The molecule has 3 rings (SSSR count). The third-order valence-corrected chi connectivity index (χ3v) is 5.76. The molecular weight excluding hydrogens is 470 g/mol. The molecule has 37 heavy (non-hydrogen) atoms. The molecule has 0 unspecified atom stereocenters. The zero-order valence-electron chi connectivity index (χ0n) is 20.6. The van der Waals surface area contributed by atoms with Crippen molar-refractivity contribution in [1.82, 2.24) is 20.9 Å². The molecule has 0 saturated heterocycles. The summed E-state index contributed by atoms with van der Waals surface area (Å²) in [6, 6.07) is 20.6. The van der Waals surface area contributed by atoms with Crippen molar-refractivity contribution in [3.8, 4) is 0 Å². The van der Waals surface area contributed by atoms with Crippen molar-refractivity contribution in [2.45, 2.75) is 0 Å². The third-order valence-electron chi connectivity index (χ3n) is 5.76. The zero-order valence-corrected chi connectivity index (χ0v) is 20.6. The minimum Gasteiger partial charge on any atom is -0.398 e. The Morgan fingerprint density at radius 1 is 0.514 bits per heavy atom. The SMILES string of the molecule is Nc1ccccc1C(=O)NCCN(CCNC(=O)c1ccccc1N)CCNC(=O)c1ccccc1N. The third kappa shape index (κ3) is 7.97. The van der Waals surface area contributed by atoms with Crippen molar-refractivity contribution in [2.24, 2.45) is 0 Å². The first-order chi connectivity index (χ1) is 17.9. The molecule has 0 saturated carbocycles. The monoisotopic (exact) mass is 503 g/mol. The van der Waals surface area contributed by atoms with Gasteiger partial charge in [-0.3, -0.25) is 19.3 Å². The fourth-order valence-corrected chi connectivity index (χ4v) is 3.72. The number of nitrogens with one attached hydrogen (secondary N) is 3. The van der Waals surface area contributed by atoms with Crippen LogP contribution in [0.1, 0.15) is 31.1 Å². The molecule has 10 nitrogen and oxygen atoms in total. The topological polar surface area (TPSA) is 169 Å². The number of nitrogen functional groups attached to an aromatic ring is 3. The Labute approximate surface area is 216 Å². The molecule has 0 spiro atoms. The second kappa shape index (κ2) is 13.5. The molecule has 0 aliphatic rings. The van der Waals surface area contributed by atoms with Crippen molar-refractivity contribution in [1.29, 1.82) is 0 Å². The van der Waals surface area contributed by atoms with Gasteiger partial charge in [0.15, 0.2) is 0 Å². The highest BCUT2D eigenvalue weighted by Crippen LogP contribution is 2.11. The lowest BCUT2D eigenvalue weighted by atomic mass is 10.1. The highest BCUT2D eigenvalue weighted by molar-refractivity contribution is 6.00. The van der Waals surface area contributed by atoms with Crippen LogP contribution in [0.3, 0.4) is 0 Å². The lowest BCUT2D eigenvalue weighted by Crippen LogP contribution is -2.43. The molecule has 10 heteroatoms. The van der Waals surface area contributed by atoms with Gasteiger partial charge in [-0.1, -0.05) is 36.4 Å². The summed E-state index contributed by atoms with van der Waals surface area (Å²) in [6.07, 6.45) is 0. The van der Waals surface area contributed by atoms with Crippen LogP contribution in [0.2, 0.25) is 0 Å². The second-order valence-corrected chi connectivity index (χ2v) is 8.37. The predicted octanol–water partition coefficient (Wildman–Crippen LogP) is 1.33. The largest absolute Gasteiger partial charge is 0.398 e. The number of rotatable bonds is 12. The fourth-order valence-electron chi connectivity index (χ4n) is 3.72. The van der Waals surface area contributed by atoms with Gasteiger partial charge in [-0.2, -0.15) is 0 Å². The number of carbonyl (C=O) groups excluding carboxylic acids is 3. The Hall–Kier alpha value is -4.57.